The van der Waals surface area contributed by atoms with E-state index < -0.39 is 5.97 Å². The van der Waals surface area contributed by atoms with Crippen molar-refractivity contribution in [3.8, 4) is 0 Å². The van der Waals surface area contributed by atoms with Crippen LogP contribution in [-0.2, 0) is 17.6 Å². The number of aryl methyl sites for hydroxylation is 2. The Morgan fingerprint density at radius 3 is 2.41 bits per heavy atom. The fourth-order valence-corrected chi connectivity index (χ4v) is 3.16. The number of carbonyl (C=O) groups excluding carboxylic acids is 1. The van der Waals surface area contributed by atoms with Crippen molar-refractivity contribution in [2.75, 3.05) is 6.54 Å². The summed E-state index contributed by atoms with van der Waals surface area (Å²) in [6.07, 6.45) is 2.36. The molecule has 0 radical (unpaired) electrons. The summed E-state index contributed by atoms with van der Waals surface area (Å²) in [5, 5.41) is 12.7. The Morgan fingerprint density at radius 1 is 1.04 bits per heavy atom. The molecule has 1 aromatic heterocycles. The zero-order chi connectivity index (χ0) is 19.2. The van der Waals surface area contributed by atoms with E-state index in [0.717, 1.165) is 40.4 Å². The third-order valence-corrected chi connectivity index (χ3v) is 4.71. The number of benzene rings is 2. The predicted octanol–water partition coefficient (Wildman–Crippen LogP) is 3.86. The summed E-state index contributed by atoms with van der Waals surface area (Å²) in [6.45, 7) is 2.59. The van der Waals surface area contributed by atoms with Gasteiger partial charge in [-0.15, -0.1) is 0 Å². The highest BCUT2D eigenvalue weighted by atomic mass is 16.4. The second-order valence-corrected chi connectivity index (χ2v) is 6.79. The molecule has 0 fully saturated rings. The maximum Gasteiger partial charge on any atom is 0.303 e. The third kappa shape index (κ3) is 4.97. The molecule has 27 heavy (non-hydrogen) atoms. The number of H-pyrrole nitrogens is 1. The van der Waals surface area contributed by atoms with E-state index in [1.54, 1.807) is 0 Å². The second-order valence-electron chi connectivity index (χ2n) is 6.79. The van der Waals surface area contributed by atoms with Crippen LogP contribution in [0.2, 0.25) is 0 Å². The Bertz CT molecular complexity index is 942. The lowest BCUT2D eigenvalue weighted by Crippen LogP contribution is -2.25. The van der Waals surface area contributed by atoms with Gasteiger partial charge in [-0.3, -0.25) is 9.59 Å². The molecule has 0 atom stereocenters. The minimum Gasteiger partial charge on any atom is -0.481 e. The van der Waals surface area contributed by atoms with Gasteiger partial charge in [0.15, 0.2) is 0 Å². The van der Waals surface area contributed by atoms with Crippen molar-refractivity contribution in [3.63, 3.8) is 0 Å². The molecule has 0 aliphatic heterocycles. The van der Waals surface area contributed by atoms with E-state index in [9.17, 15) is 9.59 Å². The molecule has 0 aliphatic rings. The molecule has 3 N–H and O–H groups in total. The van der Waals surface area contributed by atoms with Crippen molar-refractivity contribution in [2.24, 2.45) is 0 Å². The Balaban J connectivity index is 1.49. The number of aromatic nitrogens is 1. The van der Waals surface area contributed by atoms with Gasteiger partial charge in [0, 0.05) is 23.9 Å². The third-order valence-electron chi connectivity index (χ3n) is 4.71. The van der Waals surface area contributed by atoms with E-state index in [1.165, 1.54) is 0 Å². The number of fused-ring (bicyclic) bond motifs is 1. The Hall–Kier alpha value is -3.08. The van der Waals surface area contributed by atoms with Gasteiger partial charge >= 0.3 is 5.97 Å². The van der Waals surface area contributed by atoms with E-state index in [0.29, 0.717) is 18.7 Å². The quantitative estimate of drug-likeness (QED) is 0.568. The maximum absolute atomic E-state index is 12.4. The first kappa shape index (κ1) is 18.7. The van der Waals surface area contributed by atoms with Gasteiger partial charge in [-0.05, 0) is 55.0 Å². The molecule has 0 saturated heterocycles. The van der Waals surface area contributed by atoms with Gasteiger partial charge in [-0.25, -0.2) is 0 Å². The number of carboxylic acids is 1. The van der Waals surface area contributed by atoms with Crippen LogP contribution in [0.3, 0.4) is 0 Å². The van der Waals surface area contributed by atoms with Crippen LogP contribution in [0.1, 0.15) is 40.0 Å². The number of nitrogens with one attached hydrogen (secondary N) is 2. The first-order chi connectivity index (χ1) is 13.0. The molecule has 0 unspecified atom stereocenters. The molecular formula is C22H24N2O3. The van der Waals surface area contributed by atoms with Crippen molar-refractivity contribution in [2.45, 2.75) is 32.6 Å². The molecular weight excluding hydrogens is 340 g/mol. The van der Waals surface area contributed by atoms with Crippen molar-refractivity contribution in [1.82, 2.24) is 10.3 Å². The standard InChI is InChI=1S/C22H24N2O3/c1-15-4-2-6-19-18(15)14-20(24-19)22(27)23-13-12-17-10-8-16(9-11-17)5-3-7-21(25)26/h2,4,6,8-11,14,24H,3,5,7,12-13H2,1H3,(H,23,27)(H,25,26). The highest BCUT2D eigenvalue weighted by molar-refractivity contribution is 5.98. The second kappa shape index (κ2) is 8.54. The smallest absolute Gasteiger partial charge is 0.303 e. The number of aliphatic carboxylic acids is 1. The topological polar surface area (TPSA) is 82.2 Å². The van der Waals surface area contributed by atoms with Crippen LogP contribution in [0.25, 0.3) is 10.9 Å². The Labute approximate surface area is 158 Å². The average Bonchev–Trinajstić information content (AvgIpc) is 3.08. The number of hydrogen-bond acceptors (Lipinski definition) is 2. The fraction of sp³-hybridized carbons (Fsp3) is 0.273. The van der Waals surface area contributed by atoms with Crippen molar-refractivity contribution in [1.29, 1.82) is 0 Å². The van der Waals surface area contributed by atoms with Gasteiger partial charge in [0.2, 0.25) is 0 Å². The van der Waals surface area contributed by atoms with Gasteiger partial charge in [0.25, 0.3) is 5.91 Å². The normalized spacial score (nSPS) is 10.9. The van der Waals surface area contributed by atoms with Crippen LogP contribution >= 0.6 is 0 Å². The summed E-state index contributed by atoms with van der Waals surface area (Å²) in [5.74, 6) is -0.858. The van der Waals surface area contributed by atoms with Gasteiger partial charge in [0.1, 0.15) is 5.69 Å². The monoisotopic (exact) mass is 364 g/mol. The molecule has 2 aromatic carbocycles. The van der Waals surface area contributed by atoms with Gasteiger partial charge in [-0.1, -0.05) is 36.4 Å². The molecule has 1 amide bonds. The lowest BCUT2D eigenvalue weighted by atomic mass is 10.0. The van der Waals surface area contributed by atoms with Crippen LogP contribution in [0.15, 0.2) is 48.5 Å². The average molecular weight is 364 g/mol. The number of aromatic amines is 1. The lowest BCUT2D eigenvalue weighted by Gasteiger charge is -2.06. The summed E-state index contributed by atoms with van der Waals surface area (Å²) >= 11 is 0. The molecule has 3 rings (SSSR count). The van der Waals surface area contributed by atoms with Crippen LogP contribution in [0.4, 0.5) is 0 Å². The zero-order valence-corrected chi connectivity index (χ0v) is 15.4. The van der Waals surface area contributed by atoms with E-state index in [-0.39, 0.29) is 12.3 Å². The van der Waals surface area contributed by atoms with E-state index in [2.05, 4.69) is 10.3 Å². The molecule has 140 valence electrons. The molecule has 0 saturated carbocycles. The number of carboxylic acid groups (broad SMARTS) is 1. The molecule has 0 bridgehead atoms. The van der Waals surface area contributed by atoms with Gasteiger partial charge in [0.05, 0.1) is 0 Å². The van der Waals surface area contributed by atoms with Gasteiger partial charge in [-0.2, -0.15) is 0 Å². The van der Waals surface area contributed by atoms with Gasteiger partial charge < -0.3 is 15.4 Å². The van der Waals surface area contributed by atoms with E-state index in [4.69, 9.17) is 5.11 Å². The highest BCUT2D eigenvalue weighted by Crippen LogP contribution is 2.19. The fourth-order valence-electron chi connectivity index (χ4n) is 3.16. The summed E-state index contributed by atoms with van der Waals surface area (Å²) in [5.41, 5.74) is 4.97. The largest absolute Gasteiger partial charge is 0.481 e. The van der Waals surface area contributed by atoms with E-state index >= 15 is 0 Å². The SMILES string of the molecule is Cc1cccc2[nH]c(C(=O)NCCc3ccc(CCCC(=O)O)cc3)cc12. The highest BCUT2D eigenvalue weighted by Gasteiger charge is 2.10. The molecule has 3 aromatic rings. The van der Waals surface area contributed by atoms with Crippen molar-refractivity contribution < 1.29 is 14.7 Å². The first-order valence-electron chi connectivity index (χ1n) is 9.19. The van der Waals surface area contributed by atoms with Crippen LogP contribution in [0.5, 0.6) is 0 Å². The first-order valence-corrected chi connectivity index (χ1v) is 9.19. The summed E-state index contributed by atoms with van der Waals surface area (Å²) in [7, 11) is 0. The molecule has 1 heterocycles. The van der Waals surface area contributed by atoms with Crippen molar-refractivity contribution >= 4 is 22.8 Å². The van der Waals surface area contributed by atoms with E-state index in [1.807, 2.05) is 55.5 Å². The Kier molecular flexibility index (Phi) is 5.91. The number of hydrogen-bond donors (Lipinski definition) is 3. The Morgan fingerprint density at radius 2 is 1.74 bits per heavy atom. The number of amides is 1. The summed E-state index contributed by atoms with van der Waals surface area (Å²) < 4.78 is 0. The molecule has 5 nitrogen and oxygen atoms in total. The van der Waals surface area contributed by atoms with Crippen molar-refractivity contribution in [3.05, 3.63) is 70.9 Å². The number of rotatable bonds is 8. The predicted molar refractivity (Wildman–Crippen MR) is 106 cm³/mol. The van der Waals surface area contributed by atoms with Crippen LogP contribution < -0.4 is 5.32 Å². The number of carbonyl (C=O) groups is 2. The minimum atomic E-state index is -0.757. The summed E-state index contributed by atoms with van der Waals surface area (Å²) in [6, 6.07) is 16.0. The molecule has 5 heteroatoms. The zero-order valence-electron chi connectivity index (χ0n) is 15.4. The van der Waals surface area contributed by atoms with Crippen LogP contribution in [0, 0.1) is 6.92 Å². The maximum atomic E-state index is 12.4. The molecule has 0 aliphatic carbocycles. The van der Waals surface area contributed by atoms with Crippen LogP contribution in [-0.4, -0.2) is 28.5 Å². The minimum absolute atomic E-state index is 0.101. The summed E-state index contributed by atoms with van der Waals surface area (Å²) in [4.78, 5) is 26.1. The molecule has 0 spiro atoms. The lowest BCUT2D eigenvalue weighted by molar-refractivity contribution is -0.137.